The van der Waals surface area contributed by atoms with Gasteiger partial charge in [0, 0.05) is 12.6 Å². The first-order chi connectivity index (χ1) is 12.9. The Labute approximate surface area is 158 Å². The Morgan fingerprint density at radius 1 is 1.26 bits per heavy atom. The minimum atomic E-state index is -0.887. The van der Waals surface area contributed by atoms with Crippen molar-refractivity contribution in [1.29, 1.82) is 0 Å². The van der Waals surface area contributed by atoms with Crippen molar-refractivity contribution in [2.45, 2.75) is 24.3 Å². The number of halogens is 2. The Hall–Kier alpha value is -2.74. The number of carbonyl (C=O) groups is 1. The molecule has 140 valence electrons. The topological polar surface area (TPSA) is 64.0 Å². The van der Waals surface area contributed by atoms with Gasteiger partial charge in [-0.3, -0.25) is 14.2 Å². The van der Waals surface area contributed by atoms with Gasteiger partial charge in [0.05, 0.1) is 21.8 Å². The zero-order valence-electron chi connectivity index (χ0n) is 14.7. The van der Waals surface area contributed by atoms with Crippen LogP contribution < -0.4 is 10.9 Å². The van der Waals surface area contributed by atoms with E-state index in [1.165, 1.54) is 6.07 Å². The van der Waals surface area contributed by atoms with Gasteiger partial charge in [0.2, 0.25) is 5.91 Å². The maximum Gasteiger partial charge on any atom is 0.266 e. The molecule has 0 aliphatic carbocycles. The van der Waals surface area contributed by atoms with E-state index < -0.39 is 22.4 Å². The van der Waals surface area contributed by atoms with E-state index in [2.05, 4.69) is 10.3 Å². The molecule has 0 radical (unpaired) electrons. The van der Waals surface area contributed by atoms with E-state index in [-0.39, 0.29) is 16.8 Å². The molecule has 0 fully saturated rings. The minimum Gasteiger partial charge on any atom is -0.355 e. The van der Waals surface area contributed by atoms with Gasteiger partial charge >= 0.3 is 0 Å². The van der Waals surface area contributed by atoms with Gasteiger partial charge in [0.15, 0.2) is 5.16 Å². The Morgan fingerprint density at radius 2 is 2.00 bits per heavy atom. The highest BCUT2D eigenvalue weighted by Gasteiger charge is 2.21. The van der Waals surface area contributed by atoms with E-state index in [0.717, 1.165) is 22.4 Å². The first kappa shape index (κ1) is 19.0. The molecule has 1 aromatic heterocycles. The van der Waals surface area contributed by atoms with Crippen molar-refractivity contribution < 1.29 is 13.6 Å². The lowest BCUT2D eigenvalue weighted by atomic mass is 10.2. The highest BCUT2D eigenvalue weighted by Crippen LogP contribution is 2.26. The van der Waals surface area contributed by atoms with E-state index in [9.17, 15) is 18.4 Å². The molecule has 0 bridgehead atoms. The van der Waals surface area contributed by atoms with Crippen LogP contribution in [-0.4, -0.2) is 27.3 Å². The number of fused-ring (bicyclic) bond motifs is 1. The number of hydrogen-bond acceptors (Lipinski definition) is 4. The van der Waals surface area contributed by atoms with Crippen molar-refractivity contribution >= 4 is 28.6 Å². The van der Waals surface area contributed by atoms with Crippen LogP contribution in [0.5, 0.6) is 0 Å². The number of aromatic nitrogens is 2. The SMILES string of the molecule is CCNC(=O)[C@@H](C)Sc1nc2ccccc2c(=O)n1-c1ccc(F)cc1F. The number of carbonyl (C=O) groups excluding carboxylic acids is 1. The number of para-hydroxylation sites is 1. The van der Waals surface area contributed by atoms with Crippen molar-refractivity contribution in [2.75, 3.05) is 6.54 Å². The Morgan fingerprint density at radius 3 is 2.70 bits per heavy atom. The highest BCUT2D eigenvalue weighted by atomic mass is 32.2. The second-order valence-electron chi connectivity index (χ2n) is 5.80. The summed E-state index contributed by atoms with van der Waals surface area (Å²) >= 11 is 1.03. The molecule has 0 saturated carbocycles. The quantitative estimate of drug-likeness (QED) is 0.537. The second kappa shape index (κ2) is 7.87. The number of thioether (sulfide) groups is 1. The summed E-state index contributed by atoms with van der Waals surface area (Å²) in [5.41, 5.74) is -0.172. The van der Waals surface area contributed by atoms with E-state index in [4.69, 9.17) is 0 Å². The first-order valence-electron chi connectivity index (χ1n) is 8.34. The lowest BCUT2D eigenvalue weighted by Gasteiger charge is -2.16. The minimum absolute atomic E-state index is 0.120. The van der Waals surface area contributed by atoms with Crippen LogP contribution in [0, 0.1) is 11.6 Å². The van der Waals surface area contributed by atoms with E-state index in [1.807, 2.05) is 0 Å². The fraction of sp³-hybridized carbons (Fsp3) is 0.211. The van der Waals surface area contributed by atoms with Gasteiger partial charge in [0.25, 0.3) is 5.56 Å². The molecule has 2 aromatic carbocycles. The number of benzene rings is 2. The van der Waals surface area contributed by atoms with Gasteiger partial charge in [-0.25, -0.2) is 13.8 Å². The molecule has 0 saturated heterocycles. The standard InChI is InChI=1S/C19H17F2N3O2S/c1-3-22-17(25)11(2)27-19-23-15-7-5-4-6-13(15)18(26)24(19)16-9-8-12(20)10-14(16)21/h4-11H,3H2,1-2H3,(H,22,25)/t11-/m1/s1. The number of nitrogens with zero attached hydrogens (tertiary/aromatic N) is 2. The summed E-state index contributed by atoms with van der Waals surface area (Å²) in [4.78, 5) is 29.5. The third-order valence-electron chi connectivity index (χ3n) is 3.90. The summed E-state index contributed by atoms with van der Waals surface area (Å²) in [5.74, 6) is -1.86. The van der Waals surface area contributed by atoms with Gasteiger partial charge in [-0.05, 0) is 38.1 Å². The number of amides is 1. The predicted octanol–water partition coefficient (Wildman–Crippen LogP) is 3.28. The number of nitrogens with one attached hydrogen (secondary N) is 1. The smallest absolute Gasteiger partial charge is 0.266 e. The molecular weight excluding hydrogens is 372 g/mol. The fourth-order valence-electron chi connectivity index (χ4n) is 2.60. The maximum atomic E-state index is 14.4. The monoisotopic (exact) mass is 389 g/mol. The molecule has 0 aliphatic heterocycles. The van der Waals surface area contributed by atoms with Crippen LogP contribution in [0.25, 0.3) is 16.6 Å². The largest absolute Gasteiger partial charge is 0.355 e. The summed E-state index contributed by atoms with van der Waals surface area (Å²) in [6.07, 6.45) is 0. The molecule has 1 amide bonds. The van der Waals surface area contributed by atoms with Crippen molar-refractivity contribution in [1.82, 2.24) is 14.9 Å². The Bertz CT molecular complexity index is 1070. The fourth-order valence-corrected chi connectivity index (χ4v) is 3.54. The zero-order valence-corrected chi connectivity index (χ0v) is 15.5. The van der Waals surface area contributed by atoms with E-state index in [1.54, 1.807) is 38.1 Å². The normalized spacial score (nSPS) is 12.1. The van der Waals surface area contributed by atoms with Gasteiger partial charge in [-0.2, -0.15) is 0 Å². The molecule has 0 spiro atoms. The summed E-state index contributed by atoms with van der Waals surface area (Å²) in [7, 11) is 0. The van der Waals surface area contributed by atoms with Gasteiger partial charge in [-0.15, -0.1) is 0 Å². The molecule has 3 rings (SSSR count). The van der Waals surface area contributed by atoms with E-state index >= 15 is 0 Å². The molecule has 1 atom stereocenters. The van der Waals surface area contributed by atoms with Crippen LogP contribution in [0.15, 0.2) is 52.4 Å². The van der Waals surface area contributed by atoms with Crippen molar-refractivity contribution in [3.8, 4) is 5.69 Å². The summed E-state index contributed by atoms with van der Waals surface area (Å²) in [6.45, 7) is 3.93. The molecule has 27 heavy (non-hydrogen) atoms. The second-order valence-corrected chi connectivity index (χ2v) is 7.11. The summed E-state index contributed by atoms with van der Waals surface area (Å²) < 4.78 is 28.8. The van der Waals surface area contributed by atoms with Crippen molar-refractivity contribution in [3.63, 3.8) is 0 Å². The number of rotatable bonds is 5. The molecule has 5 nitrogen and oxygen atoms in total. The lowest BCUT2D eigenvalue weighted by Crippen LogP contribution is -2.31. The van der Waals surface area contributed by atoms with Crippen LogP contribution in [0.3, 0.4) is 0 Å². The molecule has 3 aromatic rings. The Kier molecular flexibility index (Phi) is 5.55. The molecule has 8 heteroatoms. The molecular formula is C19H17F2N3O2S. The molecule has 0 unspecified atom stereocenters. The van der Waals surface area contributed by atoms with Gasteiger partial charge in [0.1, 0.15) is 11.6 Å². The van der Waals surface area contributed by atoms with Gasteiger partial charge < -0.3 is 5.32 Å². The average Bonchev–Trinajstić information content (AvgIpc) is 2.63. The van der Waals surface area contributed by atoms with Crippen LogP contribution in [0.4, 0.5) is 8.78 Å². The third kappa shape index (κ3) is 3.85. The summed E-state index contributed by atoms with van der Waals surface area (Å²) in [5, 5.41) is 2.59. The van der Waals surface area contributed by atoms with Gasteiger partial charge in [-0.1, -0.05) is 23.9 Å². The third-order valence-corrected chi connectivity index (χ3v) is 4.95. The lowest BCUT2D eigenvalue weighted by molar-refractivity contribution is -0.120. The Balaban J connectivity index is 2.21. The number of hydrogen-bond donors (Lipinski definition) is 1. The average molecular weight is 389 g/mol. The zero-order chi connectivity index (χ0) is 19.6. The van der Waals surface area contributed by atoms with Crippen molar-refractivity contribution in [3.05, 3.63) is 64.5 Å². The molecule has 0 aliphatic rings. The molecule has 1 N–H and O–H groups in total. The summed E-state index contributed by atoms with van der Waals surface area (Å²) in [6, 6.07) is 9.64. The van der Waals surface area contributed by atoms with Crippen LogP contribution in [0.2, 0.25) is 0 Å². The molecule has 1 heterocycles. The maximum absolute atomic E-state index is 14.4. The van der Waals surface area contributed by atoms with Crippen LogP contribution in [0.1, 0.15) is 13.8 Å². The first-order valence-corrected chi connectivity index (χ1v) is 9.22. The van der Waals surface area contributed by atoms with Crippen molar-refractivity contribution in [2.24, 2.45) is 0 Å². The van der Waals surface area contributed by atoms with Crippen LogP contribution >= 0.6 is 11.8 Å². The van der Waals surface area contributed by atoms with E-state index in [0.29, 0.717) is 23.5 Å². The predicted molar refractivity (Wildman–Crippen MR) is 101 cm³/mol. The van der Waals surface area contributed by atoms with Crippen LogP contribution in [-0.2, 0) is 4.79 Å². The highest BCUT2D eigenvalue weighted by molar-refractivity contribution is 8.00.